The number of hydrogen-bond acceptors (Lipinski definition) is 11. The molecule has 0 saturated heterocycles. The van der Waals surface area contributed by atoms with E-state index in [0.717, 1.165) is 6.92 Å². The van der Waals surface area contributed by atoms with Gasteiger partial charge in [0.1, 0.15) is 17.5 Å². The molecule has 0 spiro atoms. The molecule has 0 fully saturated rings. The summed E-state index contributed by atoms with van der Waals surface area (Å²) in [6.07, 6.45) is -4.88. The predicted octanol–water partition coefficient (Wildman–Crippen LogP) is -1.68. The van der Waals surface area contributed by atoms with E-state index in [4.69, 9.17) is 15.4 Å². The molecule has 0 aromatic rings. The number of Topliss-reactive ketones (excluding diaryl/α,β-unsaturated/α-hetero) is 4. The number of aliphatic hydroxyl groups is 3. The van der Waals surface area contributed by atoms with Gasteiger partial charge in [0.15, 0.2) is 17.3 Å². The van der Waals surface area contributed by atoms with E-state index in [2.05, 4.69) is 15.0 Å². The highest BCUT2D eigenvalue weighted by atomic mass is 16.7. The third-order valence-electron chi connectivity index (χ3n) is 3.67. The molecule has 13 nitrogen and oxygen atoms in total. The van der Waals surface area contributed by atoms with Crippen LogP contribution in [0.1, 0.15) is 27.7 Å². The van der Waals surface area contributed by atoms with Gasteiger partial charge < -0.3 is 24.9 Å². The van der Waals surface area contributed by atoms with Gasteiger partial charge in [-0.15, -0.1) is 0 Å². The lowest BCUT2D eigenvalue weighted by Crippen LogP contribution is -2.76. The van der Waals surface area contributed by atoms with Gasteiger partial charge in [-0.25, -0.2) is 0 Å². The zero-order valence-corrected chi connectivity index (χ0v) is 14.9. The van der Waals surface area contributed by atoms with Gasteiger partial charge in [0.2, 0.25) is 0 Å². The van der Waals surface area contributed by atoms with E-state index in [1.54, 1.807) is 0 Å². The molecule has 0 heterocycles. The predicted molar refractivity (Wildman–Crippen MR) is 83.6 cm³/mol. The molecule has 0 aliphatic rings. The summed E-state index contributed by atoms with van der Waals surface area (Å²) < 4.78 is 4.72. The van der Waals surface area contributed by atoms with Crippen molar-refractivity contribution in [2.45, 2.75) is 51.1 Å². The Morgan fingerprint density at radius 2 is 1.59 bits per heavy atom. The van der Waals surface area contributed by atoms with Crippen LogP contribution in [0.4, 0.5) is 0 Å². The summed E-state index contributed by atoms with van der Waals surface area (Å²) in [6.45, 7) is 1.47. The second-order valence-corrected chi connectivity index (χ2v) is 5.47. The van der Waals surface area contributed by atoms with E-state index >= 15 is 0 Å². The molecule has 0 rings (SSSR count). The Labute approximate surface area is 152 Å². The number of nitrogens with zero attached hydrogens (tertiary/aromatic N) is 3. The van der Waals surface area contributed by atoms with Crippen molar-refractivity contribution in [3.05, 3.63) is 10.4 Å². The number of hydrogen-bond donors (Lipinski definition) is 3. The van der Waals surface area contributed by atoms with Crippen LogP contribution >= 0.6 is 0 Å². The third-order valence-corrected chi connectivity index (χ3v) is 3.67. The molecule has 3 N–H and O–H groups in total. The van der Waals surface area contributed by atoms with Gasteiger partial charge in [0.25, 0.3) is 17.0 Å². The van der Waals surface area contributed by atoms with Crippen LogP contribution in [0.2, 0.25) is 0 Å². The quantitative estimate of drug-likeness (QED) is 0.0693. The van der Waals surface area contributed by atoms with Crippen LogP contribution in [-0.2, 0) is 33.5 Å². The van der Waals surface area contributed by atoms with Crippen molar-refractivity contribution in [3.63, 3.8) is 0 Å². The molecule has 27 heavy (non-hydrogen) atoms. The van der Waals surface area contributed by atoms with Crippen molar-refractivity contribution < 1.29 is 48.9 Å². The van der Waals surface area contributed by atoms with Gasteiger partial charge in [-0.1, -0.05) is 0 Å². The molecule has 0 saturated carbocycles. The normalized spacial score (nSPS) is 17.1. The maximum Gasteiger partial charge on any atom is 0.304 e. The summed E-state index contributed by atoms with van der Waals surface area (Å²) in [7, 11) is 0. The molecule has 4 atom stereocenters. The van der Waals surface area contributed by atoms with Crippen molar-refractivity contribution in [3.8, 4) is 0 Å². The number of ether oxygens (including phenoxy) is 1. The summed E-state index contributed by atoms with van der Waals surface area (Å²) >= 11 is 0. The fourth-order valence-corrected chi connectivity index (χ4v) is 2.55. The summed E-state index contributed by atoms with van der Waals surface area (Å²) in [5.41, 5.74) is 1.69. The number of azide groups is 1. The molecule has 13 heteroatoms. The number of aliphatic hydroxyl groups excluding tert-OH is 3. The summed E-state index contributed by atoms with van der Waals surface area (Å²) in [5.74, 6) is -7.41. The van der Waals surface area contributed by atoms with Crippen molar-refractivity contribution in [2.75, 3.05) is 6.61 Å². The number of rotatable bonds is 11. The van der Waals surface area contributed by atoms with Crippen LogP contribution < -0.4 is 0 Å². The Bertz CT molecular complexity index is 701. The van der Waals surface area contributed by atoms with E-state index in [9.17, 15) is 34.2 Å². The largest absolute Gasteiger partial charge is 0.437 e. The van der Waals surface area contributed by atoms with Gasteiger partial charge in [0.05, 0.1) is 6.61 Å². The average Bonchev–Trinajstić information content (AvgIpc) is 2.58. The molecule has 0 aromatic heterocycles. The third kappa shape index (κ3) is 4.11. The van der Waals surface area contributed by atoms with Gasteiger partial charge in [-0.2, -0.15) is 0 Å². The molecular weight excluding hydrogens is 370 g/mol. The van der Waals surface area contributed by atoms with Crippen LogP contribution in [0, 0.1) is 0 Å². The van der Waals surface area contributed by atoms with Crippen molar-refractivity contribution in [2.24, 2.45) is 5.28 Å². The first-order valence-corrected chi connectivity index (χ1v) is 7.33. The van der Waals surface area contributed by atoms with Crippen LogP contribution in [-0.4, -0.2) is 74.4 Å². The molecule has 0 aliphatic carbocycles. The minimum Gasteiger partial charge on any atom is -0.437 e. The standard InChI is InChI=1S/C14H19N3O10/c1-6(19)11(24)13(7(2)20,26-9(4)22)14(8(3)21,27-17-16-15)12(25)10(23)5-18/h10,12,18,23,25H,5H2,1-4H3/t10-,12+,13+,14+/m1/s1. The van der Waals surface area contributed by atoms with E-state index in [1.807, 2.05) is 0 Å². The van der Waals surface area contributed by atoms with Crippen LogP contribution in [0.15, 0.2) is 5.28 Å². The number of carbonyl (C=O) groups excluding carboxylic acids is 5. The summed E-state index contributed by atoms with van der Waals surface area (Å²) in [6, 6.07) is 0. The van der Waals surface area contributed by atoms with Crippen LogP contribution in [0.3, 0.4) is 0 Å². The molecule has 0 bridgehead atoms. The Kier molecular flexibility index (Phi) is 8.21. The fraction of sp³-hybridized carbons (Fsp3) is 0.643. The van der Waals surface area contributed by atoms with Gasteiger partial charge in [0, 0.05) is 18.8 Å². The molecule has 150 valence electrons. The first-order valence-electron chi connectivity index (χ1n) is 7.33. The number of esters is 1. The van der Waals surface area contributed by atoms with E-state index in [-0.39, 0.29) is 0 Å². The Morgan fingerprint density at radius 1 is 1.07 bits per heavy atom. The van der Waals surface area contributed by atoms with Crippen LogP contribution in [0.5, 0.6) is 0 Å². The summed E-state index contributed by atoms with van der Waals surface area (Å²) in [4.78, 5) is 67.5. The lowest BCUT2D eigenvalue weighted by Gasteiger charge is -2.45. The minimum atomic E-state index is -3.44. The summed E-state index contributed by atoms with van der Waals surface area (Å²) in [5, 5.41) is 31.9. The van der Waals surface area contributed by atoms with Gasteiger partial charge >= 0.3 is 5.97 Å². The van der Waals surface area contributed by atoms with Crippen molar-refractivity contribution >= 4 is 29.1 Å². The average molecular weight is 389 g/mol. The van der Waals surface area contributed by atoms with Crippen LogP contribution in [0.25, 0.3) is 10.4 Å². The first-order chi connectivity index (χ1) is 12.4. The molecule has 0 radical (unpaired) electrons. The van der Waals surface area contributed by atoms with E-state index < -0.39 is 59.1 Å². The zero-order valence-electron chi connectivity index (χ0n) is 14.9. The highest BCUT2D eigenvalue weighted by molar-refractivity contribution is 6.45. The van der Waals surface area contributed by atoms with Crippen molar-refractivity contribution in [1.29, 1.82) is 0 Å². The smallest absolute Gasteiger partial charge is 0.304 e. The molecule has 0 aliphatic heterocycles. The van der Waals surface area contributed by atoms with Gasteiger partial charge in [-0.05, 0) is 19.4 Å². The Balaban J connectivity index is 7.40. The first kappa shape index (κ1) is 24.1. The highest BCUT2D eigenvalue weighted by Gasteiger charge is 2.73. The second-order valence-electron chi connectivity index (χ2n) is 5.47. The lowest BCUT2D eigenvalue weighted by atomic mass is 9.68. The molecule has 0 aromatic carbocycles. The molecule has 0 unspecified atom stereocenters. The van der Waals surface area contributed by atoms with E-state index in [1.165, 1.54) is 0 Å². The minimum absolute atomic E-state index is 0.638. The fourth-order valence-electron chi connectivity index (χ4n) is 2.55. The molecular formula is C14H19N3O10. The Morgan fingerprint density at radius 3 is 1.89 bits per heavy atom. The topological polar surface area (TPSA) is 213 Å². The maximum atomic E-state index is 12.6. The zero-order chi connectivity index (χ0) is 21.6. The van der Waals surface area contributed by atoms with Gasteiger partial charge in [-0.3, -0.25) is 24.0 Å². The maximum absolute atomic E-state index is 12.6. The number of carbonyl (C=O) groups is 5. The Hall–Kier alpha value is -2.86. The number of ketones is 4. The highest BCUT2D eigenvalue weighted by Crippen LogP contribution is 2.39. The SMILES string of the molecule is CC(=O)O[C@@](C(C)=O)(C(=O)C(C)=O)[C@](ON=[N+]=[N-])(C(C)=O)[C@@H](O)[C@H](O)CO. The second kappa shape index (κ2) is 9.19. The van der Waals surface area contributed by atoms with E-state index in [0.29, 0.717) is 20.8 Å². The molecule has 0 amide bonds. The lowest BCUT2D eigenvalue weighted by molar-refractivity contribution is -0.240. The monoisotopic (exact) mass is 389 g/mol. The van der Waals surface area contributed by atoms with Crippen molar-refractivity contribution in [1.82, 2.24) is 0 Å².